The van der Waals surface area contributed by atoms with Gasteiger partial charge in [0.15, 0.2) is 0 Å². The van der Waals surface area contributed by atoms with E-state index in [1.54, 1.807) is 0 Å². The van der Waals surface area contributed by atoms with Gasteiger partial charge in [-0.1, -0.05) is 0 Å². The van der Waals surface area contributed by atoms with E-state index in [2.05, 4.69) is 16.0 Å². The minimum atomic E-state index is 0. The van der Waals surface area contributed by atoms with Gasteiger partial charge in [0.1, 0.15) is 0 Å². The summed E-state index contributed by atoms with van der Waals surface area (Å²) in [5, 5.41) is 7.21. The number of hydrogen-bond donors (Lipinski definition) is 0. The first kappa shape index (κ1) is 9.26. The van der Waals surface area contributed by atoms with Crippen molar-refractivity contribution in [2.75, 3.05) is 0 Å². The molecule has 0 aliphatic rings. The Hall–Kier alpha value is 1.81. The van der Waals surface area contributed by atoms with E-state index < -0.39 is 0 Å². The first-order valence-electron chi connectivity index (χ1n) is 0.400. The molecule has 0 bridgehead atoms. The molecule has 0 spiro atoms. The van der Waals surface area contributed by atoms with Crippen LogP contribution in [-0.2, 0) is 16.0 Å². The Bertz CT molecular complexity index is 29.5. The van der Waals surface area contributed by atoms with Crippen molar-refractivity contribution in [3.63, 3.8) is 0 Å². The van der Waals surface area contributed by atoms with Gasteiger partial charge < -0.3 is 0 Å². The maximum absolute atomic E-state index is 7.21. The van der Waals surface area contributed by atoms with E-state index in [1.807, 2.05) is 0 Å². The van der Waals surface area contributed by atoms with Crippen LogP contribution in [0.4, 0.5) is 0 Å². The number of nitrogens with zero attached hydrogens (tertiary/aromatic N) is 1. The van der Waals surface area contributed by atoms with E-state index in [0.717, 1.165) is 0 Å². The molecule has 0 amide bonds. The molecule has 0 aliphatic carbocycles. The van der Waals surface area contributed by atoms with Crippen molar-refractivity contribution in [3.05, 3.63) is 0 Å². The molecule has 19 valence electrons. The standard InChI is InChI=1S/CN.Fe.Rb.H/c1-2;;;. The van der Waals surface area contributed by atoms with Crippen LogP contribution < -0.4 is 0 Å². The predicted molar refractivity (Wildman–Crippen MR) is 12.8 cm³/mol. The van der Waals surface area contributed by atoms with Gasteiger partial charge in [-0.2, -0.15) is 0 Å². The van der Waals surface area contributed by atoms with Crippen LogP contribution in [-0.4, -0.2) is 58.2 Å². The van der Waals surface area contributed by atoms with Gasteiger partial charge in [0.25, 0.3) is 0 Å². The fourth-order valence-corrected chi connectivity index (χ4v) is 0. The van der Waals surface area contributed by atoms with Crippen LogP contribution in [0, 0.1) is 10.2 Å². The SMILES string of the molecule is N#[C][Fe].[RbH]. The monoisotopic (exact) mass is 168 g/mol. The van der Waals surface area contributed by atoms with Gasteiger partial charge in [0.2, 0.25) is 0 Å². The Kier molecular flexibility index (Phi) is 20.5. The van der Waals surface area contributed by atoms with E-state index in [9.17, 15) is 0 Å². The average Bonchev–Trinajstić information content (AvgIpc) is 0.918. The van der Waals surface area contributed by atoms with Gasteiger partial charge in [-0.05, 0) is 0 Å². The summed E-state index contributed by atoms with van der Waals surface area (Å²) in [5.41, 5.74) is 0. The minimum absolute atomic E-state index is 0. The fraction of sp³-hybridized carbons (Fsp3) is 0. The first-order valence-corrected chi connectivity index (χ1v) is 0.952. The maximum atomic E-state index is 7.21. The molecular formula is CHFeNRb. The molecule has 0 N–H and O–H groups in total. The zero-order chi connectivity index (χ0) is 2.71. The van der Waals surface area contributed by atoms with Gasteiger partial charge in [-0.3, -0.25) is 0 Å². The summed E-state index contributed by atoms with van der Waals surface area (Å²) < 4.78 is 0. The van der Waals surface area contributed by atoms with Crippen LogP contribution in [0.5, 0.6) is 0 Å². The summed E-state index contributed by atoms with van der Waals surface area (Å²) in [6.45, 7) is 0. The third-order valence-electron chi connectivity index (χ3n) is 0. The Morgan fingerprint density at radius 3 is 1.75 bits per heavy atom. The molecule has 0 aliphatic heterocycles. The molecular weight excluding hydrogens is 167 g/mol. The van der Waals surface area contributed by atoms with Crippen molar-refractivity contribution in [2.45, 2.75) is 0 Å². The summed E-state index contributed by atoms with van der Waals surface area (Å²) >= 11 is 2.79. The normalized spacial score (nSPS) is 2.00. The molecule has 0 unspecified atom stereocenters. The average molecular weight is 168 g/mol. The predicted octanol–water partition coefficient (Wildman–Crippen LogP) is -0.634. The van der Waals surface area contributed by atoms with Crippen molar-refractivity contribution in [1.82, 2.24) is 0 Å². The molecule has 0 heterocycles. The topological polar surface area (TPSA) is 23.8 Å². The number of nitriles is 1. The molecule has 1 nitrogen and oxygen atoms in total. The third-order valence-corrected chi connectivity index (χ3v) is 0. The first-order chi connectivity index (χ1) is 1.41. The quantitative estimate of drug-likeness (QED) is 0.442. The molecule has 0 fully saturated rings. The van der Waals surface area contributed by atoms with Crippen molar-refractivity contribution >= 4 is 58.2 Å². The molecule has 0 saturated carbocycles. The summed E-state index contributed by atoms with van der Waals surface area (Å²) in [6, 6.07) is 0. The summed E-state index contributed by atoms with van der Waals surface area (Å²) in [5.74, 6) is 0. The summed E-state index contributed by atoms with van der Waals surface area (Å²) in [7, 11) is 0. The second kappa shape index (κ2) is 8.84. The van der Waals surface area contributed by atoms with E-state index in [-0.39, 0.29) is 58.2 Å². The van der Waals surface area contributed by atoms with E-state index >= 15 is 0 Å². The Morgan fingerprint density at radius 1 is 1.75 bits per heavy atom. The molecule has 4 heavy (non-hydrogen) atoms. The van der Waals surface area contributed by atoms with Gasteiger partial charge in [0.05, 0.1) is 0 Å². The molecule has 3 heteroatoms. The number of hydrogen-bond acceptors (Lipinski definition) is 1. The van der Waals surface area contributed by atoms with Crippen molar-refractivity contribution in [3.8, 4) is 4.97 Å². The molecule has 0 saturated heterocycles. The second-order valence-corrected chi connectivity index (χ2v) is 0.326. The zero-order valence-electron chi connectivity index (χ0n) is 1.30. The van der Waals surface area contributed by atoms with Crippen molar-refractivity contribution < 1.29 is 16.0 Å². The molecule has 0 rings (SSSR count). The van der Waals surface area contributed by atoms with Gasteiger partial charge in [-0.15, -0.1) is 0 Å². The molecule has 0 aromatic heterocycles. The van der Waals surface area contributed by atoms with Gasteiger partial charge in [0, 0.05) is 0 Å². The van der Waals surface area contributed by atoms with Crippen LogP contribution in [0.2, 0.25) is 0 Å². The fourth-order valence-electron chi connectivity index (χ4n) is 0. The second-order valence-electron chi connectivity index (χ2n) is 0.0791. The Balaban J connectivity index is 0. The van der Waals surface area contributed by atoms with Crippen LogP contribution in [0.15, 0.2) is 0 Å². The van der Waals surface area contributed by atoms with Crippen LogP contribution in [0.3, 0.4) is 0 Å². The summed E-state index contributed by atoms with van der Waals surface area (Å²) in [4.78, 5) is 1.50. The van der Waals surface area contributed by atoms with Crippen LogP contribution in [0.25, 0.3) is 0 Å². The van der Waals surface area contributed by atoms with Crippen LogP contribution >= 0.6 is 0 Å². The molecule has 0 aromatic rings. The molecule has 0 aromatic carbocycles. The van der Waals surface area contributed by atoms with Crippen LogP contribution in [0.1, 0.15) is 0 Å². The Labute approximate surface area is 82.4 Å². The van der Waals surface area contributed by atoms with Gasteiger partial charge in [-0.25, -0.2) is 0 Å². The van der Waals surface area contributed by atoms with Crippen molar-refractivity contribution in [1.29, 1.82) is 5.26 Å². The Morgan fingerprint density at radius 2 is 1.75 bits per heavy atom. The van der Waals surface area contributed by atoms with E-state index in [4.69, 9.17) is 5.26 Å². The third kappa shape index (κ3) is 9.18. The van der Waals surface area contributed by atoms with Crippen molar-refractivity contribution in [2.24, 2.45) is 0 Å². The molecule has 0 atom stereocenters. The van der Waals surface area contributed by atoms with E-state index in [0.29, 0.717) is 0 Å². The molecule has 0 radical (unpaired) electrons. The zero-order valence-corrected chi connectivity index (χ0v) is 2.40. The van der Waals surface area contributed by atoms with E-state index in [1.165, 1.54) is 4.97 Å². The number of rotatable bonds is 0. The van der Waals surface area contributed by atoms with Gasteiger partial charge >= 0.3 is 84.4 Å². The summed E-state index contributed by atoms with van der Waals surface area (Å²) in [6.07, 6.45) is 0.